The highest BCUT2D eigenvalue weighted by Gasteiger charge is 2.06. The summed E-state index contributed by atoms with van der Waals surface area (Å²) < 4.78 is 7.62. The molecule has 0 amide bonds. The Morgan fingerprint density at radius 1 is 1.39 bits per heavy atom. The minimum absolute atomic E-state index is 0.212. The summed E-state index contributed by atoms with van der Waals surface area (Å²) >= 11 is 0. The third-order valence-corrected chi connectivity index (χ3v) is 2.88. The average molecular weight is 245 g/mol. The molecule has 0 radical (unpaired) electrons. The highest BCUT2D eigenvalue weighted by Crippen LogP contribution is 2.20. The van der Waals surface area contributed by atoms with Crippen LogP contribution >= 0.6 is 0 Å². The van der Waals surface area contributed by atoms with Crippen LogP contribution in [0.3, 0.4) is 0 Å². The lowest BCUT2D eigenvalue weighted by Gasteiger charge is -2.13. The maximum atomic E-state index is 5.80. The standard InChI is InChI=1S/C14H19N3O/c1-4-11(3)18-13-7-5-6-12(9-13)17-10(2)8-14(15)16-17/h5-9,11H,4H2,1-3H3,(H2,15,16). The molecule has 0 fully saturated rings. The molecule has 4 nitrogen and oxygen atoms in total. The molecule has 4 heteroatoms. The SMILES string of the molecule is CCC(C)Oc1cccc(-n2nc(N)cc2C)c1. The van der Waals surface area contributed by atoms with Crippen molar-refractivity contribution in [3.63, 3.8) is 0 Å². The summed E-state index contributed by atoms with van der Waals surface area (Å²) in [6.07, 6.45) is 1.20. The molecule has 1 aromatic carbocycles. The Labute approximate surface area is 107 Å². The second-order valence-electron chi connectivity index (χ2n) is 4.46. The van der Waals surface area contributed by atoms with Crippen molar-refractivity contribution in [1.82, 2.24) is 9.78 Å². The number of aromatic nitrogens is 2. The zero-order valence-corrected chi connectivity index (χ0v) is 11.1. The molecule has 0 saturated heterocycles. The lowest BCUT2D eigenvalue weighted by atomic mass is 10.2. The molecule has 1 aromatic heterocycles. The number of hydrogen-bond acceptors (Lipinski definition) is 3. The number of benzene rings is 1. The quantitative estimate of drug-likeness (QED) is 0.901. The van der Waals surface area contributed by atoms with E-state index in [1.165, 1.54) is 0 Å². The molecule has 1 heterocycles. The Balaban J connectivity index is 2.29. The number of nitrogens with zero attached hydrogens (tertiary/aromatic N) is 2. The zero-order chi connectivity index (χ0) is 13.1. The Morgan fingerprint density at radius 2 is 2.17 bits per heavy atom. The van der Waals surface area contributed by atoms with E-state index in [1.54, 1.807) is 0 Å². The van der Waals surface area contributed by atoms with Gasteiger partial charge < -0.3 is 10.5 Å². The lowest BCUT2D eigenvalue weighted by Crippen LogP contribution is -2.10. The van der Waals surface area contributed by atoms with Crippen molar-refractivity contribution in [1.29, 1.82) is 0 Å². The number of rotatable bonds is 4. The van der Waals surface area contributed by atoms with Gasteiger partial charge in [-0.25, -0.2) is 4.68 Å². The van der Waals surface area contributed by atoms with Crippen LogP contribution in [0.4, 0.5) is 5.82 Å². The molecular formula is C14H19N3O. The fourth-order valence-electron chi connectivity index (χ4n) is 1.76. The van der Waals surface area contributed by atoms with Crippen molar-refractivity contribution in [3.05, 3.63) is 36.0 Å². The molecule has 2 N–H and O–H groups in total. The number of hydrogen-bond donors (Lipinski definition) is 1. The number of nitrogen functional groups attached to an aromatic ring is 1. The molecule has 0 aliphatic rings. The second-order valence-corrected chi connectivity index (χ2v) is 4.46. The molecule has 0 spiro atoms. The summed E-state index contributed by atoms with van der Waals surface area (Å²) in [4.78, 5) is 0. The molecular weight excluding hydrogens is 226 g/mol. The Kier molecular flexibility index (Phi) is 3.55. The first-order valence-electron chi connectivity index (χ1n) is 6.19. The molecule has 0 bridgehead atoms. The van der Waals surface area contributed by atoms with Crippen LogP contribution in [0, 0.1) is 6.92 Å². The fraction of sp³-hybridized carbons (Fsp3) is 0.357. The van der Waals surface area contributed by atoms with E-state index >= 15 is 0 Å². The second kappa shape index (κ2) is 5.12. The molecule has 0 aliphatic carbocycles. The largest absolute Gasteiger partial charge is 0.491 e. The van der Waals surface area contributed by atoms with Gasteiger partial charge in [0.2, 0.25) is 0 Å². The smallest absolute Gasteiger partial charge is 0.146 e. The van der Waals surface area contributed by atoms with Gasteiger partial charge in [0, 0.05) is 17.8 Å². The minimum atomic E-state index is 0.212. The van der Waals surface area contributed by atoms with Gasteiger partial charge in [0.1, 0.15) is 11.6 Å². The van der Waals surface area contributed by atoms with Crippen molar-refractivity contribution in [2.45, 2.75) is 33.3 Å². The molecule has 96 valence electrons. The van der Waals surface area contributed by atoms with E-state index in [0.29, 0.717) is 5.82 Å². The van der Waals surface area contributed by atoms with Crippen LogP contribution in [0.5, 0.6) is 5.75 Å². The van der Waals surface area contributed by atoms with E-state index in [2.05, 4.69) is 18.9 Å². The zero-order valence-electron chi connectivity index (χ0n) is 11.1. The van der Waals surface area contributed by atoms with Gasteiger partial charge in [-0.2, -0.15) is 5.10 Å². The predicted octanol–water partition coefficient (Wildman–Crippen LogP) is 2.94. The monoisotopic (exact) mass is 245 g/mol. The first-order chi connectivity index (χ1) is 8.60. The molecule has 1 atom stereocenters. The molecule has 0 aliphatic heterocycles. The number of anilines is 1. The third-order valence-electron chi connectivity index (χ3n) is 2.88. The molecule has 2 rings (SSSR count). The highest BCUT2D eigenvalue weighted by atomic mass is 16.5. The summed E-state index contributed by atoms with van der Waals surface area (Å²) in [5.74, 6) is 1.39. The minimum Gasteiger partial charge on any atom is -0.491 e. The van der Waals surface area contributed by atoms with Crippen molar-refractivity contribution < 1.29 is 4.74 Å². The first-order valence-corrected chi connectivity index (χ1v) is 6.19. The Bertz CT molecular complexity index is 534. The van der Waals surface area contributed by atoms with Gasteiger partial charge in [-0.1, -0.05) is 13.0 Å². The summed E-state index contributed by atoms with van der Waals surface area (Å²) in [5.41, 5.74) is 7.66. The van der Waals surface area contributed by atoms with Crippen LogP contribution in [0.15, 0.2) is 30.3 Å². The van der Waals surface area contributed by atoms with Gasteiger partial charge in [-0.05, 0) is 32.4 Å². The van der Waals surface area contributed by atoms with Crippen LogP contribution in [0.2, 0.25) is 0 Å². The highest BCUT2D eigenvalue weighted by molar-refractivity contribution is 5.42. The number of ether oxygens (including phenoxy) is 1. The van der Waals surface area contributed by atoms with Gasteiger partial charge in [0.15, 0.2) is 0 Å². The van der Waals surface area contributed by atoms with Gasteiger partial charge >= 0.3 is 0 Å². The Morgan fingerprint density at radius 3 is 2.78 bits per heavy atom. The van der Waals surface area contributed by atoms with Crippen LogP contribution in [0.1, 0.15) is 26.0 Å². The van der Waals surface area contributed by atoms with Crippen LogP contribution in [-0.2, 0) is 0 Å². The normalized spacial score (nSPS) is 12.4. The van der Waals surface area contributed by atoms with E-state index in [9.17, 15) is 0 Å². The van der Waals surface area contributed by atoms with Gasteiger partial charge in [-0.3, -0.25) is 0 Å². The first kappa shape index (κ1) is 12.5. The fourth-order valence-corrected chi connectivity index (χ4v) is 1.76. The van der Waals surface area contributed by atoms with E-state index in [4.69, 9.17) is 10.5 Å². The van der Waals surface area contributed by atoms with E-state index < -0.39 is 0 Å². The van der Waals surface area contributed by atoms with E-state index in [-0.39, 0.29) is 6.10 Å². The molecule has 18 heavy (non-hydrogen) atoms. The molecule has 1 unspecified atom stereocenters. The predicted molar refractivity (Wildman–Crippen MR) is 73.1 cm³/mol. The van der Waals surface area contributed by atoms with Gasteiger partial charge in [0.05, 0.1) is 11.8 Å². The van der Waals surface area contributed by atoms with E-state index in [1.807, 2.05) is 41.9 Å². The number of aryl methyl sites for hydroxylation is 1. The van der Waals surface area contributed by atoms with Crippen molar-refractivity contribution >= 4 is 5.82 Å². The van der Waals surface area contributed by atoms with Gasteiger partial charge in [-0.15, -0.1) is 0 Å². The molecule has 2 aromatic rings. The topological polar surface area (TPSA) is 53.1 Å². The summed E-state index contributed by atoms with van der Waals surface area (Å²) in [7, 11) is 0. The molecule has 0 saturated carbocycles. The van der Waals surface area contributed by atoms with Crippen LogP contribution < -0.4 is 10.5 Å². The summed E-state index contributed by atoms with van der Waals surface area (Å²) in [6.45, 7) is 6.14. The van der Waals surface area contributed by atoms with Crippen molar-refractivity contribution in [3.8, 4) is 11.4 Å². The Hall–Kier alpha value is -1.97. The van der Waals surface area contributed by atoms with Crippen LogP contribution in [0.25, 0.3) is 5.69 Å². The third kappa shape index (κ3) is 2.64. The lowest BCUT2D eigenvalue weighted by molar-refractivity contribution is 0.217. The maximum absolute atomic E-state index is 5.80. The van der Waals surface area contributed by atoms with Crippen LogP contribution in [-0.4, -0.2) is 15.9 Å². The summed E-state index contributed by atoms with van der Waals surface area (Å²) in [5, 5.41) is 4.26. The number of nitrogens with two attached hydrogens (primary N) is 1. The van der Waals surface area contributed by atoms with Crippen molar-refractivity contribution in [2.75, 3.05) is 5.73 Å². The average Bonchev–Trinajstić information content (AvgIpc) is 2.68. The maximum Gasteiger partial charge on any atom is 0.146 e. The summed E-state index contributed by atoms with van der Waals surface area (Å²) in [6, 6.07) is 9.74. The van der Waals surface area contributed by atoms with Gasteiger partial charge in [0.25, 0.3) is 0 Å². The van der Waals surface area contributed by atoms with E-state index in [0.717, 1.165) is 23.6 Å². The van der Waals surface area contributed by atoms with Crippen molar-refractivity contribution in [2.24, 2.45) is 0 Å².